The number of amides is 1. The zero-order chi connectivity index (χ0) is 15.9. The van der Waals surface area contributed by atoms with Crippen molar-refractivity contribution in [2.45, 2.75) is 51.3 Å². The van der Waals surface area contributed by atoms with Crippen LogP contribution in [0.5, 0.6) is 0 Å². The largest absolute Gasteiger partial charge is 0.444 e. The van der Waals surface area contributed by atoms with Crippen molar-refractivity contribution >= 4 is 27.7 Å². The second-order valence-corrected chi connectivity index (χ2v) is 8.07. The van der Waals surface area contributed by atoms with Crippen molar-refractivity contribution in [1.82, 2.24) is 4.90 Å². The Labute approximate surface area is 140 Å². The Morgan fingerprint density at radius 2 is 1.68 bits per heavy atom. The van der Waals surface area contributed by atoms with Gasteiger partial charge < -0.3 is 14.5 Å². The average Bonchev–Trinajstić information content (AvgIpc) is 2.68. The highest BCUT2D eigenvalue weighted by Crippen LogP contribution is 2.35. The van der Waals surface area contributed by atoms with E-state index in [1.807, 2.05) is 25.7 Å². The molecule has 0 unspecified atom stereocenters. The molecule has 2 fully saturated rings. The summed E-state index contributed by atoms with van der Waals surface area (Å²) in [7, 11) is 0. The molecule has 2 aliphatic rings. The van der Waals surface area contributed by atoms with Crippen LogP contribution in [0.1, 0.15) is 33.6 Å². The molecule has 2 heterocycles. The highest BCUT2D eigenvalue weighted by molar-refractivity contribution is 9.10. The molecule has 22 heavy (non-hydrogen) atoms. The van der Waals surface area contributed by atoms with Gasteiger partial charge in [-0.05, 0) is 57.9 Å². The number of benzene rings is 1. The molecule has 0 saturated carbocycles. The quantitative estimate of drug-likeness (QED) is 0.751. The Hall–Kier alpha value is -1.23. The normalized spacial score (nSPS) is 24.5. The summed E-state index contributed by atoms with van der Waals surface area (Å²) in [6, 6.07) is 9.25. The molecule has 0 radical (unpaired) electrons. The van der Waals surface area contributed by atoms with Crippen molar-refractivity contribution in [2.75, 3.05) is 18.0 Å². The van der Waals surface area contributed by atoms with Gasteiger partial charge in [0.05, 0.1) is 0 Å². The first-order chi connectivity index (χ1) is 10.3. The molecule has 2 saturated heterocycles. The van der Waals surface area contributed by atoms with Gasteiger partial charge in [-0.25, -0.2) is 4.79 Å². The van der Waals surface area contributed by atoms with Gasteiger partial charge in [0, 0.05) is 35.3 Å². The van der Waals surface area contributed by atoms with Gasteiger partial charge >= 0.3 is 6.09 Å². The zero-order valence-electron chi connectivity index (χ0n) is 13.4. The molecule has 0 aromatic heterocycles. The number of anilines is 1. The van der Waals surface area contributed by atoms with E-state index in [0.717, 1.165) is 30.4 Å². The number of halogens is 1. The summed E-state index contributed by atoms with van der Waals surface area (Å²) >= 11 is 3.48. The summed E-state index contributed by atoms with van der Waals surface area (Å²) in [6.45, 7) is 7.25. The number of hydrogen-bond acceptors (Lipinski definition) is 3. The number of piperazine rings is 1. The number of hydrogen-bond donors (Lipinski definition) is 0. The van der Waals surface area contributed by atoms with Crippen LogP contribution in [0.3, 0.4) is 0 Å². The van der Waals surface area contributed by atoms with E-state index in [1.165, 1.54) is 5.69 Å². The third-order valence-electron chi connectivity index (χ3n) is 4.26. The molecule has 0 spiro atoms. The molecular weight excluding hydrogens is 344 g/mol. The average molecular weight is 367 g/mol. The van der Waals surface area contributed by atoms with E-state index in [4.69, 9.17) is 4.74 Å². The highest BCUT2D eigenvalue weighted by atomic mass is 79.9. The first-order valence-corrected chi connectivity index (χ1v) is 8.64. The minimum Gasteiger partial charge on any atom is -0.444 e. The van der Waals surface area contributed by atoms with Crippen molar-refractivity contribution in [3.05, 3.63) is 28.7 Å². The minimum atomic E-state index is -0.432. The maximum atomic E-state index is 12.3. The fourth-order valence-electron chi connectivity index (χ4n) is 3.41. The lowest BCUT2D eigenvalue weighted by molar-refractivity contribution is 0.0209. The van der Waals surface area contributed by atoms with Crippen molar-refractivity contribution in [1.29, 1.82) is 0 Å². The second kappa shape index (κ2) is 5.76. The fourth-order valence-corrected chi connectivity index (χ4v) is 3.68. The molecule has 0 aliphatic carbocycles. The van der Waals surface area contributed by atoms with E-state index < -0.39 is 5.60 Å². The molecule has 1 aromatic carbocycles. The second-order valence-electron chi connectivity index (χ2n) is 7.15. The van der Waals surface area contributed by atoms with E-state index in [-0.39, 0.29) is 6.09 Å². The van der Waals surface area contributed by atoms with Crippen LogP contribution in [-0.4, -0.2) is 41.8 Å². The summed E-state index contributed by atoms with van der Waals surface area (Å²) in [4.78, 5) is 16.7. The Kier molecular flexibility index (Phi) is 4.10. The maximum absolute atomic E-state index is 12.3. The Morgan fingerprint density at radius 1 is 1.14 bits per heavy atom. The van der Waals surface area contributed by atoms with Gasteiger partial charge in [0.25, 0.3) is 0 Å². The predicted octanol–water partition coefficient (Wildman–Crippen LogP) is 4.04. The molecular formula is C17H23BrN2O2. The van der Waals surface area contributed by atoms with Gasteiger partial charge in [0.2, 0.25) is 0 Å². The number of carbonyl (C=O) groups excluding carboxylic acids is 1. The van der Waals surface area contributed by atoms with Crippen LogP contribution < -0.4 is 4.90 Å². The van der Waals surface area contributed by atoms with E-state index in [0.29, 0.717) is 12.1 Å². The van der Waals surface area contributed by atoms with Crippen molar-refractivity contribution < 1.29 is 9.53 Å². The number of fused-ring (bicyclic) bond motifs is 2. The van der Waals surface area contributed by atoms with Crippen LogP contribution in [0, 0.1) is 0 Å². The summed E-state index contributed by atoms with van der Waals surface area (Å²) in [5.74, 6) is 0. The molecule has 2 bridgehead atoms. The molecule has 5 heteroatoms. The van der Waals surface area contributed by atoms with E-state index >= 15 is 0 Å². The van der Waals surface area contributed by atoms with E-state index in [1.54, 1.807) is 0 Å². The van der Waals surface area contributed by atoms with Crippen LogP contribution in [0.15, 0.2) is 28.7 Å². The van der Waals surface area contributed by atoms with Gasteiger partial charge in [0.15, 0.2) is 0 Å². The van der Waals surface area contributed by atoms with Crippen LogP contribution in [0.2, 0.25) is 0 Å². The third-order valence-corrected chi connectivity index (χ3v) is 4.79. The first-order valence-electron chi connectivity index (χ1n) is 7.85. The Bertz CT molecular complexity index is 539. The number of carbonyl (C=O) groups is 1. The predicted molar refractivity (Wildman–Crippen MR) is 91.2 cm³/mol. The van der Waals surface area contributed by atoms with E-state index in [9.17, 15) is 4.79 Å². The summed E-state index contributed by atoms with van der Waals surface area (Å²) in [6.07, 6.45) is 2.10. The molecule has 0 N–H and O–H groups in total. The number of rotatable bonds is 1. The fraction of sp³-hybridized carbons (Fsp3) is 0.588. The maximum Gasteiger partial charge on any atom is 0.410 e. The summed E-state index contributed by atoms with van der Waals surface area (Å²) in [5.41, 5.74) is 0.818. The summed E-state index contributed by atoms with van der Waals surface area (Å²) < 4.78 is 6.61. The van der Waals surface area contributed by atoms with Gasteiger partial charge in [-0.1, -0.05) is 15.9 Å². The SMILES string of the molecule is CC(C)(C)OC(=O)N1C[C@H]2CC[C@@H](C1)N2c1ccc(Br)cc1. The highest BCUT2D eigenvalue weighted by Gasteiger charge is 2.42. The van der Waals surface area contributed by atoms with Crippen LogP contribution >= 0.6 is 15.9 Å². The van der Waals surface area contributed by atoms with Crippen LogP contribution in [-0.2, 0) is 4.74 Å². The lowest BCUT2D eigenvalue weighted by Gasteiger charge is -2.42. The summed E-state index contributed by atoms with van der Waals surface area (Å²) in [5, 5.41) is 0. The standard InChI is InChI=1S/C17H23BrN2O2/c1-17(2,3)22-16(21)19-10-14-8-9-15(11-19)20(14)13-6-4-12(18)5-7-13/h4-7,14-15H,8-11H2,1-3H3/t14-,15+. The van der Waals surface area contributed by atoms with Crippen LogP contribution in [0.4, 0.5) is 10.5 Å². The molecule has 1 amide bonds. The molecule has 2 atom stereocenters. The minimum absolute atomic E-state index is 0.181. The van der Waals surface area contributed by atoms with Crippen molar-refractivity contribution in [3.8, 4) is 0 Å². The van der Waals surface area contributed by atoms with Gasteiger partial charge in [-0.2, -0.15) is 0 Å². The molecule has 1 aromatic rings. The topological polar surface area (TPSA) is 32.8 Å². The number of nitrogens with zero attached hydrogens (tertiary/aromatic N) is 2. The van der Waals surface area contributed by atoms with Crippen molar-refractivity contribution in [2.24, 2.45) is 0 Å². The molecule has 2 aliphatic heterocycles. The zero-order valence-corrected chi connectivity index (χ0v) is 15.0. The number of ether oxygens (including phenoxy) is 1. The van der Waals surface area contributed by atoms with Crippen molar-refractivity contribution in [3.63, 3.8) is 0 Å². The lowest BCUT2D eigenvalue weighted by Crippen LogP contribution is -2.56. The number of likely N-dealkylation sites (tertiary alicyclic amines) is 1. The molecule has 3 rings (SSSR count). The third kappa shape index (κ3) is 3.24. The van der Waals surface area contributed by atoms with Gasteiger partial charge in [-0.15, -0.1) is 0 Å². The lowest BCUT2D eigenvalue weighted by atomic mass is 10.1. The molecule has 4 nitrogen and oxygen atoms in total. The van der Waals surface area contributed by atoms with Gasteiger partial charge in [0.1, 0.15) is 5.60 Å². The first kappa shape index (κ1) is 15.7. The molecule has 120 valence electrons. The smallest absolute Gasteiger partial charge is 0.410 e. The van der Waals surface area contributed by atoms with E-state index in [2.05, 4.69) is 45.1 Å². The Balaban J connectivity index is 1.71. The van der Waals surface area contributed by atoms with Crippen LogP contribution in [0.25, 0.3) is 0 Å². The Morgan fingerprint density at radius 3 is 2.18 bits per heavy atom. The monoisotopic (exact) mass is 366 g/mol. The van der Waals surface area contributed by atoms with Gasteiger partial charge in [-0.3, -0.25) is 0 Å².